The van der Waals surface area contributed by atoms with E-state index >= 15 is 0 Å². The molecule has 1 aliphatic rings. The van der Waals surface area contributed by atoms with Gasteiger partial charge in [0.05, 0.1) is 12.2 Å². The third kappa shape index (κ3) is 1.53. The van der Waals surface area contributed by atoms with Crippen molar-refractivity contribution in [3.05, 3.63) is 12.2 Å². The minimum Gasteiger partial charge on any atom is -0.393 e. The molecular formula is C7H12O2. The first-order valence-corrected chi connectivity index (χ1v) is 3.25. The van der Waals surface area contributed by atoms with Gasteiger partial charge in [-0.15, -0.1) is 0 Å². The fraction of sp³-hybridized carbons (Fsp3) is 0.714. The van der Waals surface area contributed by atoms with Gasteiger partial charge >= 0.3 is 0 Å². The van der Waals surface area contributed by atoms with E-state index in [0.717, 1.165) is 6.42 Å². The van der Waals surface area contributed by atoms with Crippen molar-refractivity contribution in [1.29, 1.82) is 0 Å². The summed E-state index contributed by atoms with van der Waals surface area (Å²) in [5.74, 6) is 0. The Balaban J connectivity index is 2.50. The summed E-state index contributed by atoms with van der Waals surface area (Å²) in [4.78, 5) is 0. The predicted molar refractivity (Wildman–Crippen MR) is 35.0 cm³/mol. The molecule has 0 saturated heterocycles. The monoisotopic (exact) mass is 128 g/mol. The first-order chi connectivity index (χ1) is 4.27. The van der Waals surface area contributed by atoms with Gasteiger partial charge in [0.1, 0.15) is 0 Å². The van der Waals surface area contributed by atoms with Crippen molar-refractivity contribution in [3.63, 3.8) is 0 Å². The van der Waals surface area contributed by atoms with Gasteiger partial charge in [0.25, 0.3) is 0 Å². The summed E-state index contributed by atoms with van der Waals surface area (Å²) in [6.45, 7) is -0.114. The van der Waals surface area contributed by atoms with E-state index in [-0.39, 0.29) is 6.61 Å². The zero-order valence-corrected chi connectivity index (χ0v) is 5.38. The van der Waals surface area contributed by atoms with Crippen molar-refractivity contribution in [2.75, 3.05) is 6.61 Å². The van der Waals surface area contributed by atoms with Gasteiger partial charge in [0, 0.05) is 0 Å². The lowest BCUT2D eigenvalue weighted by molar-refractivity contribution is -0.0208. The highest BCUT2D eigenvalue weighted by Crippen LogP contribution is 2.21. The molecule has 0 amide bonds. The fourth-order valence-electron chi connectivity index (χ4n) is 1.02. The summed E-state index contributed by atoms with van der Waals surface area (Å²) in [6, 6.07) is 0. The molecule has 0 aromatic carbocycles. The maximum absolute atomic E-state index is 9.38. The van der Waals surface area contributed by atoms with Gasteiger partial charge in [0.15, 0.2) is 0 Å². The number of allylic oxidation sites excluding steroid dienone is 1. The van der Waals surface area contributed by atoms with E-state index in [4.69, 9.17) is 5.11 Å². The molecule has 0 aromatic rings. The largest absolute Gasteiger partial charge is 0.393 e. The average Bonchev–Trinajstić information content (AvgIpc) is 1.90. The van der Waals surface area contributed by atoms with Crippen LogP contribution in [0.25, 0.3) is 0 Å². The molecule has 52 valence electrons. The second-order valence-corrected chi connectivity index (χ2v) is 2.60. The predicted octanol–water partition coefficient (Wildman–Crippen LogP) is 0.450. The smallest absolute Gasteiger partial charge is 0.0914 e. The molecule has 2 heteroatoms. The van der Waals surface area contributed by atoms with E-state index in [1.54, 1.807) is 0 Å². The molecule has 2 nitrogen and oxygen atoms in total. The van der Waals surface area contributed by atoms with Crippen LogP contribution in [0, 0.1) is 0 Å². The number of hydrogen-bond donors (Lipinski definition) is 2. The number of rotatable bonds is 1. The van der Waals surface area contributed by atoms with E-state index in [2.05, 4.69) is 0 Å². The van der Waals surface area contributed by atoms with Gasteiger partial charge in [-0.25, -0.2) is 0 Å². The third-order valence-electron chi connectivity index (χ3n) is 1.74. The first-order valence-electron chi connectivity index (χ1n) is 3.25. The summed E-state index contributed by atoms with van der Waals surface area (Å²) in [6.07, 6.45) is 6.13. The van der Waals surface area contributed by atoms with Crippen molar-refractivity contribution in [3.8, 4) is 0 Å². The number of aliphatic hydroxyl groups is 2. The zero-order valence-electron chi connectivity index (χ0n) is 5.38. The van der Waals surface area contributed by atoms with Crippen LogP contribution in [0.15, 0.2) is 12.2 Å². The maximum Gasteiger partial charge on any atom is 0.0914 e. The van der Waals surface area contributed by atoms with Crippen LogP contribution < -0.4 is 0 Å². The molecular weight excluding hydrogens is 116 g/mol. The van der Waals surface area contributed by atoms with Crippen LogP contribution in [-0.2, 0) is 0 Å². The molecule has 0 heterocycles. The van der Waals surface area contributed by atoms with Crippen LogP contribution in [0.2, 0.25) is 0 Å². The van der Waals surface area contributed by atoms with Crippen molar-refractivity contribution in [2.24, 2.45) is 0 Å². The maximum atomic E-state index is 9.38. The van der Waals surface area contributed by atoms with E-state index < -0.39 is 5.60 Å². The van der Waals surface area contributed by atoms with Crippen LogP contribution in [0.4, 0.5) is 0 Å². The lowest BCUT2D eigenvalue weighted by Gasteiger charge is -2.26. The Hall–Kier alpha value is -0.340. The van der Waals surface area contributed by atoms with Gasteiger partial charge in [-0.2, -0.15) is 0 Å². The minimum atomic E-state index is -0.811. The normalized spacial score (nSPS) is 34.9. The summed E-state index contributed by atoms with van der Waals surface area (Å²) < 4.78 is 0. The highest BCUT2D eigenvalue weighted by Gasteiger charge is 2.25. The molecule has 0 aromatic heterocycles. The molecule has 0 unspecified atom stereocenters. The molecule has 0 fully saturated rings. The first kappa shape index (κ1) is 6.78. The Morgan fingerprint density at radius 2 is 2.22 bits per heavy atom. The van der Waals surface area contributed by atoms with E-state index in [0.29, 0.717) is 12.8 Å². The van der Waals surface area contributed by atoms with E-state index in [9.17, 15) is 5.11 Å². The van der Waals surface area contributed by atoms with Gasteiger partial charge < -0.3 is 10.2 Å². The number of hydrogen-bond acceptors (Lipinski definition) is 2. The Morgan fingerprint density at radius 1 is 1.44 bits per heavy atom. The molecule has 0 bridgehead atoms. The standard InChI is InChI=1S/C7H12O2/c8-6-7(9)4-2-1-3-5-7/h1-2,8-9H,3-6H2/t7-/m1/s1. The second kappa shape index (κ2) is 2.50. The molecule has 9 heavy (non-hydrogen) atoms. The lowest BCUT2D eigenvalue weighted by atomic mass is 9.90. The van der Waals surface area contributed by atoms with Crippen molar-refractivity contribution in [1.82, 2.24) is 0 Å². The summed E-state index contributed by atoms with van der Waals surface area (Å²) >= 11 is 0. The molecule has 2 N–H and O–H groups in total. The Kier molecular flexibility index (Phi) is 1.88. The highest BCUT2D eigenvalue weighted by atomic mass is 16.3. The fourth-order valence-corrected chi connectivity index (χ4v) is 1.02. The van der Waals surface area contributed by atoms with Gasteiger partial charge in [0.2, 0.25) is 0 Å². The molecule has 1 rings (SSSR count). The SMILES string of the molecule is OC[C@@]1(O)CC=CCC1. The Labute approximate surface area is 54.8 Å². The molecule has 0 spiro atoms. The molecule has 0 radical (unpaired) electrons. The average molecular weight is 128 g/mol. The Morgan fingerprint density at radius 3 is 2.56 bits per heavy atom. The Bertz CT molecular complexity index is 120. The van der Waals surface area contributed by atoms with Crippen LogP contribution in [0.1, 0.15) is 19.3 Å². The lowest BCUT2D eigenvalue weighted by Crippen LogP contribution is -2.33. The second-order valence-electron chi connectivity index (χ2n) is 2.60. The molecule has 0 saturated carbocycles. The minimum absolute atomic E-state index is 0.114. The quantitative estimate of drug-likeness (QED) is 0.503. The highest BCUT2D eigenvalue weighted by molar-refractivity contribution is 4.97. The van der Waals surface area contributed by atoms with Crippen LogP contribution in [0.3, 0.4) is 0 Å². The van der Waals surface area contributed by atoms with E-state index in [1.807, 2.05) is 12.2 Å². The summed E-state index contributed by atoms with van der Waals surface area (Å²) in [5, 5.41) is 18.0. The van der Waals surface area contributed by atoms with Crippen molar-refractivity contribution >= 4 is 0 Å². The third-order valence-corrected chi connectivity index (χ3v) is 1.74. The summed E-state index contributed by atoms with van der Waals surface area (Å²) in [7, 11) is 0. The van der Waals surface area contributed by atoms with E-state index in [1.165, 1.54) is 0 Å². The van der Waals surface area contributed by atoms with Gasteiger partial charge in [-0.3, -0.25) is 0 Å². The van der Waals surface area contributed by atoms with Crippen LogP contribution in [-0.4, -0.2) is 22.4 Å². The zero-order chi connectivity index (χ0) is 6.74. The topological polar surface area (TPSA) is 40.5 Å². The van der Waals surface area contributed by atoms with Crippen LogP contribution >= 0.6 is 0 Å². The number of aliphatic hydroxyl groups excluding tert-OH is 1. The van der Waals surface area contributed by atoms with Gasteiger partial charge in [-0.05, 0) is 19.3 Å². The molecule has 1 atom stereocenters. The molecule has 0 aliphatic heterocycles. The van der Waals surface area contributed by atoms with Gasteiger partial charge in [-0.1, -0.05) is 12.2 Å². The van der Waals surface area contributed by atoms with Crippen molar-refractivity contribution < 1.29 is 10.2 Å². The van der Waals surface area contributed by atoms with Crippen LogP contribution in [0.5, 0.6) is 0 Å². The van der Waals surface area contributed by atoms with Crippen molar-refractivity contribution in [2.45, 2.75) is 24.9 Å². The summed E-state index contributed by atoms with van der Waals surface area (Å²) in [5.41, 5.74) is -0.811. The molecule has 1 aliphatic carbocycles.